The summed E-state index contributed by atoms with van der Waals surface area (Å²) in [5, 5.41) is 0. The molecule has 0 spiro atoms. The zero-order valence-electron chi connectivity index (χ0n) is 8.75. The van der Waals surface area contributed by atoms with Crippen molar-refractivity contribution in [3.63, 3.8) is 0 Å². The Morgan fingerprint density at radius 2 is 2.13 bits per heavy atom. The molecule has 3 nitrogen and oxygen atoms in total. The minimum atomic E-state index is 0.351. The Hall–Kier alpha value is -0.740. The number of ether oxygens (including phenoxy) is 3. The second kappa shape index (κ2) is 4.41. The van der Waals surface area contributed by atoms with Gasteiger partial charge in [0.05, 0.1) is 26.9 Å². The van der Waals surface area contributed by atoms with Crippen molar-refractivity contribution in [1.29, 1.82) is 0 Å². The second-order valence-electron chi connectivity index (χ2n) is 3.45. The molecule has 1 aromatic rings. The van der Waals surface area contributed by atoms with Gasteiger partial charge in [-0.25, -0.2) is 0 Å². The number of methoxy groups -OCH3 is 2. The molecule has 1 saturated heterocycles. The Bertz CT molecular complexity index is 361. The Labute approximate surface area is 97.5 Å². The van der Waals surface area contributed by atoms with Crippen molar-refractivity contribution in [2.75, 3.05) is 20.8 Å². The molecule has 4 heteroatoms. The van der Waals surface area contributed by atoms with Crippen LogP contribution in [-0.2, 0) is 11.2 Å². The van der Waals surface area contributed by atoms with Crippen molar-refractivity contribution in [3.8, 4) is 11.5 Å². The molecule has 2 rings (SSSR count). The first-order chi connectivity index (χ1) is 7.24. The first-order valence-corrected chi connectivity index (χ1v) is 5.56. The lowest BCUT2D eigenvalue weighted by atomic mass is 10.1. The third-order valence-electron chi connectivity index (χ3n) is 2.42. The van der Waals surface area contributed by atoms with E-state index < -0.39 is 0 Å². The standard InChI is InChI=1S/C11H13BrO3/c1-13-7-4-10(12)9(3-8-6-15-8)11(5-7)14-2/h4-5,8H,3,6H2,1-2H3. The van der Waals surface area contributed by atoms with Crippen LogP contribution in [0.5, 0.6) is 11.5 Å². The van der Waals surface area contributed by atoms with Crippen LogP contribution in [0.15, 0.2) is 16.6 Å². The summed E-state index contributed by atoms with van der Waals surface area (Å²) in [7, 11) is 3.31. The van der Waals surface area contributed by atoms with Crippen molar-refractivity contribution in [2.45, 2.75) is 12.5 Å². The molecule has 1 aliphatic heterocycles. The van der Waals surface area contributed by atoms with Gasteiger partial charge in [-0.3, -0.25) is 0 Å². The molecule has 15 heavy (non-hydrogen) atoms. The average Bonchev–Trinajstić information content (AvgIpc) is 3.04. The van der Waals surface area contributed by atoms with Gasteiger partial charge in [0.2, 0.25) is 0 Å². The molecule has 1 fully saturated rings. The van der Waals surface area contributed by atoms with E-state index in [2.05, 4.69) is 15.9 Å². The highest BCUT2D eigenvalue weighted by Crippen LogP contribution is 2.34. The lowest BCUT2D eigenvalue weighted by molar-refractivity contribution is 0.381. The fraction of sp³-hybridized carbons (Fsp3) is 0.455. The predicted octanol–water partition coefficient (Wildman–Crippen LogP) is 2.41. The summed E-state index contributed by atoms with van der Waals surface area (Å²) in [5.74, 6) is 1.64. The molecular formula is C11H13BrO3. The third-order valence-corrected chi connectivity index (χ3v) is 3.13. The molecule has 1 aromatic carbocycles. The van der Waals surface area contributed by atoms with E-state index in [-0.39, 0.29) is 0 Å². The van der Waals surface area contributed by atoms with Gasteiger partial charge in [0.25, 0.3) is 0 Å². The van der Waals surface area contributed by atoms with E-state index in [1.807, 2.05) is 12.1 Å². The zero-order valence-corrected chi connectivity index (χ0v) is 10.3. The van der Waals surface area contributed by atoms with Crippen LogP contribution >= 0.6 is 15.9 Å². The second-order valence-corrected chi connectivity index (χ2v) is 4.30. The van der Waals surface area contributed by atoms with Gasteiger partial charge in [0, 0.05) is 22.5 Å². The number of hydrogen-bond acceptors (Lipinski definition) is 3. The van der Waals surface area contributed by atoms with E-state index in [9.17, 15) is 0 Å². The molecule has 0 N–H and O–H groups in total. The van der Waals surface area contributed by atoms with Crippen LogP contribution in [0, 0.1) is 0 Å². The smallest absolute Gasteiger partial charge is 0.126 e. The summed E-state index contributed by atoms with van der Waals surface area (Å²) in [4.78, 5) is 0. The number of hydrogen-bond donors (Lipinski definition) is 0. The Morgan fingerprint density at radius 1 is 1.40 bits per heavy atom. The molecular weight excluding hydrogens is 260 g/mol. The lowest BCUT2D eigenvalue weighted by Gasteiger charge is -2.11. The Morgan fingerprint density at radius 3 is 2.67 bits per heavy atom. The maximum Gasteiger partial charge on any atom is 0.126 e. The molecule has 1 aliphatic rings. The van der Waals surface area contributed by atoms with Gasteiger partial charge in [0.15, 0.2) is 0 Å². The first-order valence-electron chi connectivity index (χ1n) is 4.76. The van der Waals surface area contributed by atoms with Crippen molar-refractivity contribution < 1.29 is 14.2 Å². The molecule has 82 valence electrons. The molecule has 0 radical (unpaired) electrons. The van der Waals surface area contributed by atoms with Crippen LogP contribution < -0.4 is 9.47 Å². The van der Waals surface area contributed by atoms with Crippen molar-refractivity contribution >= 4 is 15.9 Å². The van der Waals surface area contributed by atoms with Crippen LogP contribution in [0.1, 0.15) is 5.56 Å². The van der Waals surface area contributed by atoms with Crippen molar-refractivity contribution in [3.05, 3.63) is 22.2 Å². The Kier molecular flexibility index (Phi) is 3.17. The van der Waals surface area contributed by atoms with E-state index >= 15 is 0 Å². The highest BCUT2D eigenvalue weighted by atomic mass is 79.9. The van der Waals surface area contributed by atoms with Crippen LogP contribution in [0.3, 0.4) is 0 Å². The summed E-state index contributed by atoms with van der Waals surface area (Å²) >= 11 is 3.52. The maximum absolute atomic E-state index is 5.33. The summed E-state index contributed by atoms with van der Waals surface area (Å²) < 4.78 is 16.7. The Balaban J connectivity index is 2.32. The van der Waals surface area contributed by atoms with Crippen LogP contribution in [0.25, 0.3) is 0 Å². The highest BCUT2D eigenvalue weighted by Gasteiger charge is 2.25. The third kappa shape index (κ3) is 2.44. The van der Waals surface area contributed by atoms with Crippen LogP contribution in [0.4, 0.5) is 0 Å². The topological polar surface area (TPSA) is 31.0 Å². The SMILES string of the molecule is COc1cc(Br)c(CC2CO2)c(OC)c1. The summed E-state index contributed by atoms with van der Waals surface area (Å²) in [5.41, 5.74) is 1.14. The molecule has 0 saturated carbocycles. The molecule has 1 heterocycles. The first kappa shape index (κ1) is 10.8. The summed E-state index contributed by atoms with van der Waals surface area (Å²) in [6.07, 6.45) is 1.23. The number of rotatable bonds is 4. The molecule has 0 bridgehead atoms. The summed E-state index contributed by atoms with van der Waals surface area (Å²) in [6, 6.07) is 3.84. The van der Waals surface area contributed by atoms with Gasteiger partial charge >= 0.3 is 0 Å². The molecule has 1 unspecified atom stereocenters. The van der Waals surface area contributed by atoms with Gasteiger partial charge in [-0.05, 0) is 6.07 Å². The molecule has 0 aromatic heterocycles. The van der Waals surface area contributed by atoms with Gasteiger partial charge in [0.1, 0.15) is 11.5 Å². The quantitative estimate of drug-likeness (QED) is 0.789. The van der Waals surface area contributed by atoms with Crippen LogP contribution in [-0.4, -0.2) is 26.9 Å². The minimum absolute atomic E-state index is 0.351. The monoisotopic (exact) mass is 272 g/mol. The lowest BCUT2D eigenvalue weighted by Crippen LogP contribution is -1.99. The van der Waals surface area contributed by atoms with Gasteiger partial charge in [-0.1, -0.05) is 15.9 Å². The zero-order chi connectivity index (χ0) is 10.8. The van der Waals surface area contributed by atoms with Gasteiger partial charge in [-0.2, -0.15) is 0 Å². The normalized spacial score (nSPS) is 18.7. The fourth-order valence-corrected chi connectivity index (χ4v) is 2.08. The maximum atomic E-state index is 5.33. The van der Waals surface area contributed by atoms with E-state index in [4.69, 9.17) is 14.2 Å². The fourth-order valence-electron chi connectivity index (χ4n) is 1.50. The van der Waals surface area contributed by atoms with E-state index in [1.165, 1.54) is 0 Å². The molecule has 0 amide bonds. The molecule has 1 atom stereocenters. The van der Waals surface area contributed by atoms with Gasteiger partial charge in [-0.15, -0.1) is 0 Å². The van der Waals surface area contributed by atoms with E-state index in [0.29, 0.717) is 6.10 Å². The number of halogens is 1. The van der Waals surface area contributed by atoms with Crippen LogP contribution in [0.2, 0.25) is 0 Å². The highest BCUT2D eigenvalue weighted by molar-refractivity contribution is 9.10. The minimum Gasteiger partial charge on any atom is -0.497 e. The number of benzene rings is 1. The predicted molar refractivity (Wildman–Crippen MR) is 60.7 cm³/mol. The van der Waals surface area contributed by atoms with Crippen molar-refractivity contribution in [1.82, 2.24) is 0 Å². The van der Waals surface area contributed by atoms with Gasteiger partial charge < -0.3 is 14.2 Å². The van der Waals surface area contributed by atoms with Crippen molar-refractivity contribution in [2.24, 2.45) is 0 Å². The largest absolute Gasteiger partial charge is 0.497 e. The summed E-state index contributed by atoms with van der Waals surface area (Å²) in [6.45, 7) is 0.849. The van der Waals surface area contributed by atoms with E-state index in [0.717, 1.165) is 34.6 Å². The number of epoxide rings is 1. The molecule has 0 aliphatic carbocycles. The average molecular weight is 273 g/mol. The van der Waals surface area contributed by atoms with E-state index in [1.54, 1.807) is 14.2 Å².